The Bertz CT molecular complexity index is 1420. The Balaban J connectivity index is 1.66. The zero-order valence-electron chi connectivity index (χ0n) is 18.7. The lowest BCUT2D eigenvalue weighted by Gasteiger charge is -2.23. The molecule has 0 aromatic heterocycles. The van der Waals surface area contributed by atoms with E-state index in [9.17, 15) is 27.3 Å². The van der Waals surface area contributed by atoms with Gasteiger partial charge in [-0.25, -0.2) is 17.2 Å². The van der Waals surface area contributed by atoms with Crippen molar-refractivity contribution in [3.05, 3.63) is 89.0 Å². The summed E-state index contributed by atoms with van der Waals surface area (Å²) in [6, 6.07) is 15.3. The maximum Gasteiger partial charge on any atom is 0.264 e. The van der Waals surface area contributed by atoms with E-state index in [1.165, 1.54) is 35.2 Å². The molecule has 4 rings (SSSR count). The molecule has 0 bridgehead atoms. The van der Waals surface area contributed by atoms with E-state index in [0.29, 0.717) is 17.7 Å². The van der Waals surface area contributed by atoms with Crippen molar-refractivity contribution in [2.45, 2.75) is 37.4 Å². The summed E-state index contributed by atoms with van der Waals surface area (Å²) in [6.07, 6.45) is -0.439. The van der Waals surface area contributed by atoms with Gasteiger partial charge in [-0.05, 0) is 54.4 Å². The van der Waals surface area contributed by atoms with Crippen LogP contribution in [0.1, 0.15) is 30.0 Å². The zero-order valence-corrected chi connectivity index (χ0v) is 19.5. The fraction of sp³-hybridized carbons (Fsp3) is 0.200. The number of fused-ring (bicyclic) bond motifs is 1. The number of amides is 1. The van der Waals surface area contributed by atoms with Crippen LogP contribution in [0.25, 0.3) is 0 Å². The van der Waals surface area contributed by atoms with Crippen LogP contribution in [0, 0.1) is 23.0 Å². The van der Waals surface area contributed by atoms with Gasteiger partial charge in [0, 0.05) is 30.4 Å². The number of halogens is 2. The largest absolute Gasteiger partial charge is 0.480 e. The summed E-state index contributed by atoms with van der Waals surface area (Å²) in [6.45, 7) is 1.76. The van der Waals surface area contributed by atoms with Crippen LogP contribution in [0.2, 0.25) is 0 Å². The Hall–Kier alpha value is -3.97. The van der Waals surface area contributed by atoms with E-state index < -0.39 is 27.8 Å². The summed E-state index contributed by atoms with van der Waals surface area (Å²) in [5, 5.41) is 9.25. The van der Waals surface area contributed by atoms with Crippen LogP contribution < -0.4 is 9.46 Å². The second kappa shape index (κ2) is 9.72. The maximum absolute atomic E-state index is 13.7. The lowest BCUT2D eigenvalue weighted by molar-refractivity contribution is -0.139. The third kappa shape index (κ3) is 5.25. The maximum atomic E-state index is 13.7. The number of ether oxygens (including phenoxy) is 1. The molecule has 0 fully saturated rings. The molecular weight excluding hydrogens is 476 g/mol. The average molecular weight is 498 g/mol. The number of nitriles is 1. The Morgan fingerprint density at radius 1 is 1.11 bits per heavy atom. The third-order valence-electron chi connectivity index (χ3n) is 5.49. The molecule has 7 nitrogen and oxygen atoms in total. The van der Waals surface area contributed by atoms with E-state index in [0.717, 1.165) is 18.2 Å². The fourth-order valence-electron chi connectivity index (χ4n) is 3.89. The molecule has 1 N–H and O–H groups in total. The van der Waals surface area contributed by atoms with Gasteiger partial charge >= 0.3 is 0 Å². The number of rotatable bonds is 6. The predicted octanol–water partition coefficient (Wildman–Crippen LogP) is 4.34. The van der Waals surface area contributed by atoms with Gasteiger partial charge in [0.05, 0.1) is 5.56 Å². The molecule has 0 saturated heterocycles. The number of sulfonamides is 1. The van der Waals surface area contributed by atoms with Crippen molar-refractivity contribution in [2.24, 2.45) is 0 Å². The van der Waals surface area contributed by atoms with Crippen molar-refractivity contribution in [2.75, 3.05) is 4.72 Å². The van der Waals surface area contributed by atoms with Crippen LogP contribution in [-0.2, 0) is 27.9 Å². The molecule has 0 radical (unpaired) electrons. The minimum Gasteiger partial charge on any atom is -0.480 e. The molecule has 35 heavy (non-hydrogen) atoms. The Kier molecular flexibility index (Phi) is 6.71. The monoisotopic (exact) mass is 497 g/mol. The molecule has 1 amide bonds. The molecule has 1 aliphatic heterocycles. The number of benzene rings is 3. The van der Waals surface area contributed by atoms with Gasteiger partial charge in [-0.15, -0.1) is 0 Å². The Morgan fingerprint density at radius 3 is 2.51 bits per heavy atom. The van der Waals surface area contributed by atoms with Crippen LogP contribution in [0.3, 0.4) is 0 Å². The molecule has 10 heteroatoms. The molecule has 1 heterocycles. The number of anilines is 1. The molecule has 0 aliphatic carbocycles. The van der Waals surface area contributed by atoms with Crippen LogP contribution in [0.4, 0.5) is 14.5 Å². The van der Waals surface area contributed by atoms with E-state index in [4.69, 9.17) is 4.74 Å². The van der Waals surface area contributed by atoms with E-state index in [1.54, 1.807) is 19.1 Å². The summed E-state index contributed by atoms with van der Waals surface area (Å²) in [7, 11) is -4.07. The smallest absolute Gasteiger partial charge is 0.264 e. The highest BCUT2D eigenvalue weighted by Crippen LogP contribution is 2.31. The molecule has 3 aromatic rings. The summed E-state index contributed by atoms with van der Waals surface area (Å²) in [5.41, 5.74) is 1.00. The summed E-state index contributed by atoms with van der Waals surface area (Å²) >= 11 is 0. The predicted molar refractivity (Wildman–Crippen MR) is 124 cm³/mol. The zero-order chi connectivity index (χ0) is 25.2. The van der Waals surface area contributed by atoms with Gasteiger partial charge in [-0.2, -0.15) is 5.26 Å². The second-order valence-electron chi connectivity index (χ2n) is 8.02. The first kappa shape index (κ1) is 24.2. The van der Waals surface area contributed by atoms with Gasteiger partial charge in [0.1, 0.15) is 28.3 Å². The average Bonchev–Trinajstić information content (AvgIpc) is 2.94. The van der Waals surface area contributed by atoms with Crippen LogP contribution >= 0.6 is 0 Å². The van der Waals surface area contributed by atoms with Gasteiger partial charge in [-0.3, -0.25) is 9.52 Å². The normalized spacial score (nSPS) is 15.5. The van der Waals surface area contributed by atoms with Crippen LogP contribution in [0.15, 0.2) is 65.6 Å². The van der Waals surface area contributed by atoms with Gasteiger partial charge < -0.3 is 9.64 Å². The summed E-state index contributed by atoms with van der Waals surface area (Å²) in [4.78, 5) is 14.3. The second-order valence-corrected chi connectivity index (χ2v) is 9.67. The molecule has 0 saturated carbocycles. The standard InChI is InChI=1S/C25H21F2N3O4S/c1-2-22-25(31)30(14-16-9-19(26)12-20(27)10-16)15-18-11-21(7-8-23(18)34-22)29-35(32,33)24-6-4-3-5-17(24)13-28/h3-12,22,29H,2,14-15H2,1H3. The highest BCUT2D eigenvalue weighted by molar-refractivity contribution is 7.92. The lowest BCUT2D eigenvalue weighted by atomic mass is 10.1. The van der Waals surface area contributed by atoms with Gasteiger partial charge in [0.25, 0.3) is 15.9 Å². The van der Waals surface area contributed by atoms with Crippen molar-refractivity contribution >= 4 is 21.6 Å². The highest BCUT2D eigenvalue weighted by atomic mass is 32.2. The minimum absolute atomic E-state index is 0.00276. The van der Waals surface area contributed by atoms with Crippen LogP contribution in [-0.4, -0.2) is 25.3 Å². The van der Waals surface area contributed by atoms with Crippen molar-refractivity contribution < 1.29 is 26.7 Å². The summed E-state index contributed by atoms with van der Waals surface area (Å²) < 4.78 is 61.5. The number of nitrogens with zero attached hydrogens (tertiary/aromatic N) is 2. The molecular formula is C25H21F2N3O4S. The fourth-order valence-corrected chi connectivity index (χ4v) is 5.10. The third-order valence-corrected chi connectivity index (χ3v) is 6.93. The SMILES string of the molecule is CCC1Oc2ccc(NS(=O)(=O)c3ccccc3C#N)cc2CN(Cc2cc(F)cc(F)c2)C1=O. The molecule has 180 valence electrons. The van der Waals surface area contributed by atoms with Crippen molar-refractivity contribution in [3.8, 4) is 11.8 Å². The quantitative estimate of drug-likeness (QED) is 0.546. The summed E-state index contributed by atoms with van der Waals surface area (Å²) in [5.74, 6) is -1.45. The van der Waals surface area contributed by atoms with E-state index in [1.807, 2.05) is 6.07 Å². The van der Waals surface area contributed by atoms with Gasteiger partial charge in [0.2, 0.25) is 0 Å². The minimum atomic E-state index is -4.07. The number of hydrogen-bond acceptors (Lipinski definition) is 5. The van der Waals surface area contributed by atoms with E-state index in [2.05, 4.69) is 4.72 Å². The number of hydrogen-bond donors (Lipinski definition) is 1. The van der Waals surface area contributed by atoms with E-state index >= 15 is 0 Å². The molecule has 1 aliphatic rings. The number of carbonyl (C=O) groups is 1. The van der Waals surface area contributed by atoms with E-state index in [-0.39, 0.29) is 40.7 Å². The molecule has 3 aromatic carbocycles. The van der Waals surface area contributed by atoms with Gasteiger partial charge in [0.15, 0.2) is 6.10 Å². The molecule has 1 unspecified atom stereocenters. The first-order chi connectivity index (χ1) is 16.7. The Morgan fingerprint density at radius 2 is 1.83 bits per heavy atom. The lowest BCUT2D eigenvalue weighted by Crippen LogP contribution is -2.38. The van der Waals surface area contributed by atoms with Crippen LogP contribution in [0.5, 0.6) is 5.75 Å². The Labute approximate surface area is 201 Å². The number of carbonyl (C=O) groups excluding carboxylic acids is 1. The first-order valence-electron chi connectivity index (χ1n) is 10.8. The molecule has 1 atom stereocenters. The van der Waals surface area contributed by atoms with Crippen molar-refractivity contribution in [1.29, 1.82) is 5.26 Å². The van der Waals surface area contributed by atoms with Crippen molar-refractivity contribution in [1.82, 2.24) is 4.90 Å². The first-order valence-corrected chi connectivity index (χ1v) is 12.2. The van der Waals surface area contributed by atoms with Crippen molar-refractivity contribution in [3.63, 3.8) is 0 Å². The highest BCUT2D eigenvalue weighted by Gasteiger charge is 2.30. The molecule has 0 spiro atoms. The van der Waals surface area contributed by atoms with Gasteiger partial charge in [-0.1, -0.05) is 19.1 Å². The number of nitrogens with one attached hydrogen (secondary N) is 1. The topological polar surface area (TPSA) is 99.5 Å².